The highest BCUT2D eigenvalue weighted by molar-refractivity contribution is 5.98. The van der Waals surface area contributed by atoms with Crippen molar-refractivity contribution < 1.29 is 27.4 Å². The molecule has 0 radical (unpaired) electrons. The fraction of sp³-hybridized carbons (Fsp3) is 0.409. The predicted molar refractivity (Wildman–Crippen MR) is 101 cm³/mol. The number of ether oxygens (including phenoxy) is 2. The van der Waals surface area contributed by atoms with E-state index >= 15 is 0 Å². The number of nitrogens with zero attached hydrogens (tertiary/aromatic N) is 1. The Morgan fingerprint density at radius 2 is 1.72 bits per heavy atom. The van der Waals surface area contributed by atoms with Crippen LogP contribution in [0.1, 0.15) is 28.8 Å². The molecule has 2 aromatic carbocycles. The molecule has 2 saturated heterocycles. The summed E-state index contributed by atoms with van der Waals surface area (Å²) >= 11 is 0. The van der Waals surface area contributed by atoms with Crippen LogP contribution >= 0.6 is 0 Å². The summed E-state index contributed by atoms with van der Waals surface area (Å²) in [4.78, 5) is 15.4. The standard InChI is InChI=1S/C22H22F3NO3/c23-22(24,25)29-20-8-4-7-16(11-20)21(27)17-9-18-13-28-14-19(10-17)26(18)12-15-5-2-1-3-6-15/h1-8,11,17-19H,9-10,12-14H2. The van der Waals surface area contributed by atoms with Crippen molar-refractivity contribution in [1.29, 1.82) is 0 Å². The summed E-state index contributed by atoms with van der Waals surface area (Å²) in [6.07, 6.45) is -3.52. The topological polar surface area (TPSA) is 38.8 Å². The summed E-state index contributed by atoms with van der Waals surface area (Å²) in [5.74, 6) is -0.732. The number of alkyl halides is 3. The highest BCUT2D eigenvalue weighted by Crippen LogP contribution is 2.35. The van der Waals surface area contributed by atoms with Crippen molar-refractivity contribution in [2.45, 2.75) is 37.8 Å². The quantitative estimate of drug-likeness (QED) is 0.689. The van der Waals surface area contributed by atoms with Gasteiger partial charge in [-0.1, -0.05) is 42.5 Å². The van der Waals surface area contributed by atoms with Crippen molar-refractivity contribution in [3.05, 3.63) is 65.7 Å². The lowest BCUT2D eigenvalue weighted by atomic mass is 9.80. The summed E-state index contributed by atoms with van der Waals surface area (Å²) in [7, 11) is 0. The van der Waals surface area contributed by atoms with Gasteiger partial charge in [0.1, 0.15) is 5.75 Å². The van der Waals surface area contributed by atoms with Gasteiger partial charge in [0.05, 0.1) is 13.2 Å². The Labute approximate surface area is 167 Å². The van der Waals surface area contributed by atoms with E-state index in [0.717, 1.165) is 6.54 Å². The van der Waals surface area contributed by atoms with E-state index in [0.29, 0.717) is 26.1 Å². The Bertz CT molecular complexity index is 842. The molecule has 2 aromatic rings. The lowest BCUT2D eigenvalue weighted by Gasteiger charge is -2.48. The van der Waals surface area contributed by atoms with Crippen LogP contribution in [0.2, 0.25) is 0 Å². The van der Waals surface area contributed by atoms with Gasteiger partial charge in [0.15, 0.2) is 5.78 Å². The van der Waals surface area contributed by atoms with Crippen molar-refractivity contribution in [1.82, 2.24) is 4.90 Å². The van der Waals surface area contributed by atoms with Gasteiger partial charge in [-0.2, -0.15) is 0 Å². The second-order valence-electron chi connectivity index (χ2n) is 7.61. The molecule has 2 bridgehead atoms. The zero-order chi connectivity index (χ0) is 20.4. The maximum Gasteiger partial charge on any atom is 0.573 e. The molecule has 2 fully saturated rings. The lowest BCUT2D eigenvalue weighted by Crippen LogP contribution is -2.57. The third-order valence-electron chi connectivity index (χ3n) is 5.60. The fourth-order valence-electron chi connectivity index (χ4n) is 4.34. The number of carbonyl (C=O) groups excluding carboxylic acids is 1. The molecule has 4 rings (SSSR count). The number of hydrogen-bond donors (Lipinski definition) is 0. The van der Waals surface area contributed by atoms with Crippen molar-refractivity contribution in [2.24, 2.45) is 5.92 Å². The molecule has 0 N–H and O–H groups in total. The minimum Gasteiger partial charge on any atom is -0.406 e. The second-order valence-corrected chi connectivity index (χ2v) is 7.61. The zero-order valence-corrected chi connectivity index (χ0v) is 15.8. The van der Waals surface area contributed by atoms with Crippen molar-refractivity contribution in [2.75, 3.05) is 13.2 Å². The molecular formula is C22H22F3NO3. The van der Waals surface area contributed by atoms with E-state index in [1.54, 1.807) is 6.07 Å². The molecule has 29 heavy (non-hydrogen) atoms. The molecular weight excluding hydrogens is 383 g/mol. The first-order valence-electron chi connectivity index (χ1n) is 9.66. The van der Waals surface area contributed by atoms with Crippen LogP contribution in [0.15, 0.2) is 54.6 Å². The number of carbonyl (C=O) groups is 1. The van der Waals surface area contributed by atoms with Crippen LogP contribution in [0.25, 0.3) is 0 Å². The Kier molecular flexibility index (Phi) is 5.61. The first kappa shape index (κ1) is 19.9. The van der Waals surface area contributed by atoms with E-state index in [4.69, 9.17) is 4.74 Å². The molecule has 0 aromatic heterocycles. The first-order chi connectivity index (χ1) is 13.9. The zero-order valence-electron chi connectivity index (χ0n) is 15.8. The van der Waals surface area contributed by atoms with Gasteiger partial charge >= 0.3 is 6.36 Å². The number of piperidine rings is 1. The summed E-state index contributed by atoms with van der Waals surface area (Å²) < 4.78 is 47.1. The van der Waals surface area contributed by atoms with Gasteiger partial charge in [-0.25, -0.2) is 0 Å². The first-order valence-corrected chi connectivity index (χ1v) is 9.66. The van der Waals surface area contributed by atoms with Gasteiger partial charge < -0.3 is 9.47 Å². The fourth-order valence-corrected chi connectivity index (χ4v) is 4.34. The number of halogens is 3. The molecule has 0 amide bonds. The normalized spacial score (nSPS) is 24.9. The van der Waals surface area contributed by atoms with E-state index < -0.39 is 6.36 Å². The number of ketones is 1. The maximum absolute atomic E-state index is 13.0. The van der Waals surface area contributed by atoms with Crippen LogP contribution in [-0.4, -0.2) is 42.3 Å². The van der Waals surface area contributed by atoms with Crippen LogP contribution < -0.4 is 4.74 Å². The van der Waals surface area contributed by atoms with Crippen LogP contribution in [-0.2, 0) is 11.3 Å². The molecule has 4 nitrogen and oxygen atoms in total. The Hall–Kier alpha value is -2.38. The molecule has 0 aliphatic carbocycles. The minimum absolute atomic E-state index is 0.117. The molecule has 2 unspecified atom stereocenters. The Balaban J connectivity index is 1.47. The maximum atomic E-state index is 13.0. The van der Waals surface area contributed by atoms with Gasteiger partial charge in [0.25, 0.3) is 0 Å². The average Bonchev–Trinajstić information content (AvgIpc) is 2.67. The van der Waals surface area contributed by atoms with Gasteiger partial charge in [0.2, 0.25) is 0 Å². The van der Waals surface area contributed by atoms with E-state index in [1.807, 2.05) is 18.2 Å². The molecule has 154 valence electrons. The van der Waals surface area contributed by atoms with Crippen LogP contribution in [0.4, 0.5) is 13.2 Å². The monoisotopic (exact) mass is 405 g/mol. The number of fused-ring (bicyclic) bond motifs is 2. The summed E-state index contributed by atoms with van der Waals surface area (Å²) in [5.41, 5.74) is 1.47. The van der Waals surface area contributed by atoms with Crippen LogP contribution in [0, 0.1) is 5.92 Å². The van der Waals surface area contributed by atoms with Crippen LogP contribution in [0.3, 0.4) is 0 Å². The van der Waals surface area contributed by atoms with Gasteiger partial charge in [-0.3, -0.25) is 9.69 Å². The predicted octanol–water partition coefficient (Wildman–Crippen LogP) is 4.45. The van der Waals surface area contributed by atoms with Crippen molar-refractivity contribution in [3.8, 4) is 5.75 Å². The van der Waals surface area contributed by atoms with E-state index in [2.05, 4.69) is 21.8 Å². The molecule has 2 aliphatic rings. The molecule has 7 heteroatoms. The SMILES string of the molecule is O=C(c1cccc(OC(F)(F)F)c1)C1CC2COCC(C1)N2Cc1ccccc1. The van der Waals surface area contributed by atoms with Gasteiger partial charge in [-0.05, 0) is 30.5 Å². The van der Waals surface area contributed by atoms with E-state index in [1.165, 1.54) is 23.8 Å². The second kappa shape index (κ2) is 8.16. The number of rotatable bonds is 5. The van der Waals surface area contributed by atoms with Crippen molar-refractivity contribution in [3.63, 3.8) is 0 Å². The third kappa shape index (κ3) is 4.79. The number of morpholine rings is 1. The van der Waals surface area contributed by atoms with Gasteiger partial charge in [-0.15, -0.1) is 13.2 Å². The summed E-state index contributed by atoms with van der Waals surface area (Å²) in [6, 6.07) is 15.7. The molecule has 0 saturated carbocycles. The highest BCUT2D eigenvalue weighted by atomic mass is 19.4. The number of hydrogen-bond acceptors (Lipinski definition) is 4. The van der Waals surface area contributed by atoms with E-state index in [9.17, 15) is 18.0 Å². The summed E-state index contributed by atoms with van der Waals surface area (Å²) in [5, 5.41) is 0. The van der Waals surface area contributed by atoms with Gasteiger partial charge in [0, 0.05) is 30.1 Å². The summed E-state index contributed by atoms with van der Waals surface area (Å²) in [6.45, 7) is 1.92. The molecule has 2 heterocycles. The highest BCUT2D eigenvalue weighted by Gasteiger charge is 2.41. The molecule has 0 spiro atoms. The molecule has 2 aliphatic heterocycles. The largest absolute Gasteiger partial charge is 0.573 e. The Morgan fingerprint density at radius 1 is 1.03 bits per heavy atom. The number of Topliss-reactive ketones (excluding diaryl/α,β-unsaturated/α-hetero) is 1. The Morgan fingerprint density at radius 3 is 2.38 bits per heavy atom. The lowest BCUT2D eigenvalue weighted by molar-refractivity contribution is -0.274. The minimum atomic E-state index is -4.78. The van der Waals surface area contributed by atoms with E-state index in [-0.39, 0.29) is 35.1 Å². The third-order valence-corrected chi connectivity index (χ3v) is 5.60. The van der Waals surface area contributed by atoms with Crippen LogP contribution in [0.5, 0.6) is 5.75 Å². The van der Waals surface area contributed by atoms with Crippen molar-refractivity contribution >= 4 is 5.78 Å². The smallest absolute Gasteiger partial charge is 0.406 e. The average molecular weight is 405 g/mol. The molecule has 2 atom stereocenters. The number of benzene rings is 2.